The second-order valence-electron chi connectivity index (χ2n) is 3.13. The van der Waals surface area contributed by atoms with E-state index in [1.54, 1.807) is 11.6 Å². The van der Waals surface area contributed by atoms with Crippen LogP contribution >= 0.6 is 0 Å². The van der Waals surface area contributed by atoms with E-state index in [0.717, 1.165) is 17.0 Å². The van der Waals surface area contributed by atoms with Crippen LogP contribution in [0.3, 0.4) is 0 Å². The zero-order valence-electron chi connectivity index (χ0n) is 7.73. The molecule has 0 radical (unpaired) electrons. The Balaban J connectivity index is 2.36. The maximum atomic E-state index is 11.4. The summed E-state index contributed by atoms with van der Waals surface area (Å²) in [6.07, 6.45) is 4.85. The lowest BCUT2D eigenvalue weighted by molar-refractivity contribution is 0.310. The lowest BCUT2D eigenvalue weighted by Gasteiger charge is -2.29. The molecular weight excluding hydrogens is 184 g/mol. The van der Waals surface area contributed by atoms with E-state index in [4.69, 9.17) is 0 Å². The van der Waals surface area contributed by atoms with Crippen molar-refractivity contribution in [3.05, 3.63) is 22.1 Å². The third-order valence-electron chi connectivity index (χ3n) is 2.37. The predicted octanol–water partition coefficient (Wildman–Crippen LogP) is 1.23. The van der Waals surface area contributed by atoms with Gasteiger partial charge in [-0.1, -0.05) is 6.92 Å². The van der Waals surface area contributed by atoms with Crippen molar-refractivity contribution in [1.29, 1.82) is 0 Å². The van der Waals surface area contributed by atoms with Gasteiger partial charge in [-0.2, -0.15) is 0 Å². The van der Waals surface area contributed by atoms with Crippen molar-refractivity contribution in [2.45, 2.75) is 19.5 Å². The van der Waals surface area contributed by atoms with Crippen LogP contribution in [0.4, 0.5) is 0 Å². The van der Waals surface area contributed by atoms with E-state index in [0.29, 0.717) is 0 Å². The summed E-state index contributed by atoms with van der Waals surface area (Å²) in [5, 5.41) is 1.71. The van der Waals surface area contributed by atoms with Gasteiger partial charge < -0.3 is 4.90 Å². The normalized spacial score (nSPS) is 31.4. The number of rotatable bonds is 1. The minimum absolute atomic E-state index is 0.207. The topological polar surface area (TPSA) is 32.7 Å². The van der Waals surface area contributed by atoms with Crippen molar-refractivity contribution in [3.63, 3.8) is 0 Å². The monoisotopic (exact) mass is 196 g/mol. The largest absolute Gasteiger partial charge is 0.352 e. The number of nitrogens with zero attached hydrogens (tertiary/aromatic N) is 2. The molecule has 4 heteroatoms. The molecule has 2 aliphatic rings. The Labute approximate surface area is 80.3 Å². The lowest BCUT2D eigenvalue weighted by atomic mass is 10.2. The van der Waals surface area contributed by atoms with Crippen molar-refractivity contribution in [2.75, 3.05) is 7.05 Å². The van der Waals surface area contributed by atoms with Crippen LogP contribution in [0.2, 0.25) is 0 Å². The van der Waals surface area contributed by atoms with Crippen LogP contribution in [0.15, 0.2) is 27.1 Å². The highest BCUT2D eigenvalue weighted by Crippen LogP contribution is 2.26. The number of allylic oxidation sites excluding steroid dienone is 2. The molecule has 0 aromatic rings. The first kappa shape index (κ1) is 8.69. The Bertz CT molecular complexity index is 344. The fraction of sp³-hybridized carbons (Fsp3) is 0.444. The van der Waals surface area contributed by atoms with Gasteiger partial charge in [0.15, 0.2) is 0 Å². The van der Waals surface area contributed by atoms with Crippen molar-refractivity contribution >= 4 is 17.0 Å². The van der Waals surface area contributed by atoms with Crippen LogP contribution in [-0.4, -0.2) is 28.5 Å². The summed E-state index contributed by atoms with van der Waals surface area (Å²) in [6, 6.07) is 0. The fourth-order valence-corrected chi connectivity index (χ4v) is 2.57. The quantitative estimate of drug-likeness (QED) is 0.632. The maximum absolute atomic E-state index is 11.4. The van der Waals surface area contributed by atoms with Crippen LogP contribution in [-0.2, 0) is 10.8 Å². The van der Waals surface area contributed by atoms with Gasteiger partial charge >= 0.3 is 0 Å². The molecule has 2 atom stereocenters. The Kier molecular flexibility index (Phi) is 2.07. The molecule has 70 valence electrons. The van der Waals surface area contributed by atoms with Crippen LogP contribution < -0.4 is 0 Å². The molecule has 0 aromatic carbocycles. The van der Waals surface area contributed by atoms with Gasteiger partial charge in [0.05, 0.1) is 21.4 Å². The van der Waals surface area contributed by atoms with Crippen molar-refractivity contribution < 1.29 is 4.21 Å². The molecule has 0 saturated carbocycles. The summed E-state index contributed by atoms with van der Waals surface area (Å²) in [5.41, 5.74) is 1.06. The molecular formula is C9H12N2OS. The van der Waals surface area contributed by atoms with Gasteiger partial charge in [-0.15, -0.1) is 0 Å². The molecule has 2 heterocycles. The highest BCUT2D eigenvalue weighted by Gasteiger charge is 2.25. The highest BCUT2D eigenvalue weighted by molar-refractivity contribution is 7.93. The second kappa shape index (κ2) is 3.10. The molecule has 0 amide bonds. The van der Waals surface area contributed by atoms with Crippen molar-refractivity contribution in [1.82, 2.24) is 4.90 Å². The van der Waals surface area contributed by atoms with E-state index < -0.39 is 10.8 Å². The van der Waals surface area contributed by atoms with Gasteiger partial charge in [0.2, 0.25) is 0 Å². The molecule has 2 unspecified atom stereocenters. The smallest absolute Gasteiger partial charge is 0.120 e. The molecule has 3 nitrogen and oxygen atoms in total. The van der Waals surface area contributed by atoms with Crippen LogP contribution in [0.25, 0.3) is 0 Å². The molecule has 0 N–H and O–H groups in total. The summed E-state index contributed by atoms with van der Waals surface area (Å²) >= 11 is 0. The van der Waals surface area contributed by atoms with Crippen LogP contribution in [0.5, 0.6) is 0 Å². The van der Waals surface area contributed by atoms with E-state index in [-0.39, 0.29) is 6.17 Å². The Hall–Kier alpha value is -0.900. The molecule has 0 saturated heterocycles. The van der Waals surface area contributed by atoms with Gasteiger partial charge in [0.1, 0.15) is 6.17 Å². The SMILES string of the molecule is CCC1N=CC2=C(C=CS2=O)N1C. The summed E-state index contributed by atoms with van der Waals surface area (Å²) < 4.78 is 11.4. The molecule has 13 heavy (non-hydrogen) atoms. The first-order chi connectivity index (χ1) is 6.24. The summed E-state index contributed by atoms with van der Waals surface area (Å²) in [5.74, 6) is 0. The lowest BCUT2D eigenvalue weighted by Crippen LogP contribution is -2.31. The third kappa shape index (κ3) is 1.25. The van der Waals surface area contributed by atoms with E-state index in [1.165, 1.54) is 0 Å². The van der Waals surface area contributed by atoms with Gasteiger partial charge in [0, 0.05) is 18.7 Å². The van der Waals surface area contributed by atoms with Gasteiger partial charge in [-0.3, -0.25) is 4.99 Å². The number of likely N-dealkylation sites (N-methyl/N-ethyl adjacent to an activating group) is 1. The summed E-state index contributed by atoms with van der Waals surface area (Å²) in [4.78, 5) is 7.25. The molecule has 2 rings (SSSR count). The number of aliphatic imine (C=N–C) groups is 1. The minimum Gasteiger partial charge on any atom is -0.352 e. The second-order valence-corrected chi connectivity index (χ2v) is 4.43. The van der Waals surface area contributed by atoms with Gasteiger partial charge in [0.25, 0.3) is 0 Å². The summed E-state index contributed by atoms with van der Waals surface area (Å²) in [6.45, 7) is 2.10. The zero-order chi connectivity index (χ0) is 9.42. The Morgan fingerprint density at radius 1 is 1.69 bits per heavy atom. The van der Waals surface area contributed by atoms with Crippen LogP contribution in [0.1, 0.15) is 13.3 Å². The number of hydrogen-bond donors (Lipinski definition) is 0. The van der Waals surface area contributed by atoms with Gasteiger partial charge in [-0.25, -0.2) is 4.21 Å². The molecule has 0 aromatic heterocycles. The molecule has 2 aliphatic heterocycles. The van der Waals surface area contributed by atoms with Crippen molar-refractivity contribution in [2.24, 2.45) is 4.99 Å². The van der Waals surface area contributed by atoms with Crippen molar-refractivity contribution in [3.8, 4) is 0 Å². The Morgan fingerprint density at radius 3 is 3.15 bits per heavy atom. The first-order valence-electron chi connectivity index (χ1n) is 4.33. The predicted molar refractivity (Wildman–Crippen MR) is 54.6 cm³/mol. The first-order valence-corrected chi connectivity index (χ1v) is 5.54. The Morgan fingerprint density at radius 2 is 2.46 bits per heavy atom. The van der Waals surface area contributed by atoms with E-state index >= 15 is 0 Å². The van der Waals surface area contributed by atoms with E-state index in [1.807, 2.05) is 13.1 Å². The third-order valence-corrected chi connectivity index (χ3v) is 3.51. The average Bonchev–Trinajstić information content (AvgIpc) is 2.50. The van der Waals surface area contributed by atoms with E-state index in [2.05, 4.69) is 16.8 Å². The zero-order valence-corrected chi connectivity index (χ0v) is 8.54. The van der Waals surface area contributed by atoms with Gasteiger partial charge in [-0.05, 0) is 12.5 Å². The molecule has 0 fully saturated rings. The van der Waals surface area contributed by atoms with E-state index in [9.17, 15) is 4.21 Å². The standard InChI is InChI=1S/C9H12N2OS/c1-3-9-10-6-8-7(11(9)2)4-5-13(8)12/h4-6,9H,3H2,1-2H3. The molecule has 0 spiro atoms. The van der Waals surface area contributed by atoms with Crippen LogP contribution in [0, 0.1) is 0 Å². The maximum Gasteiger partial charge on any atom is 0.120 e. The average molecular weight is 196 g/mol. The molecule has 0 aliphatic carbocycles. The number of hydrogen-bond acceptors (Lipinski definition) is 3. The molecule has 0 bridgehead atoms. The minimum atomic E-state index is -0.969. The summed E-state index contributed by atoms with van der Waals surface area (Å²) in [7, 11) is 1.02. The highest BCUT2D eigenvalue weighted by atomic mass is 32.2. The fourth-order valence-electron chi connectivity index (χ4n) is 1.59.